The number of aromatic nitrogens is 3. The molecule has 7 heteroatoms. The van der Waals surface area contributed by atoms with E-state index in [1.165, 1.54) is 23.5 Å². The Labute approximate surface area is 136 Å². The molecule has 1 N–H and O–H groups in total. The first-order chi connectivity index (χ1) is 11.1. The Morgan fingerprint density at radius 2 is 2.09 bits per heavy atom. The summed E-state index contributed by atoms with van der Waals surface area (Å²) in [6.07, 6.45) is 0.392. The van der Waals surface area contributed by atoms with E-state index in [1.54, 1.807) is 29.8 Å². The molecule has 0 saturated heterocycles. The SMILES string of the molecule is CCC(=O)Nc1cc(C)nn1-c1nc(-c2ccc(F)cc2)cs1. The summed E-state index contributed by atoms with van der Waals surface area (Å²) in [5.41, 5.74) is 2.36. The number of anilines is 1. The number of nitrogens with zero attached hydrogens (tertiary/aromatic N) is 3. The van der Waals surface area contributed by atoms with E-state index in [0.717, 1.165) is 17.0 Å². The Morgan fingerprint density at radius 3 is 2.78 bits per heavy atom. The van der Waals surface area contributed by atoms with E-state index >= 15 is 0 Å². The average Bonchev–Trinajstić information content (AvgIpc) is 3.14. The molecule has 0 unspecified atom stereocenters. The van der Waals surface area contributed by atoms with E-state index in [4.69, 9.17) is 0 Å². The van der Waals surface area contributed by atoms with Crippen LogP contribution in [0.4, 0.5) is 10.2 Å². The van der Waals surface area contributed by atoms with E-state index in [1.807, 2.05) is 12.3 Å². The molecule has 0 radical (unpaired) electrons. The van der Waals surface area contributed by atoms with Crippen molar-refractivity contribution in [2.24, 2.45) is 0 Å². The van der Waals surface area contributed by atoms with Crippen LogP contribution in [0.5, 0.6) is 0 Å². The van der Waals surface area contributed by atoms with Crippen LogP contribution < -0.4 is 5.32 Å². The van der Waals surface area contributed by atoms with Gasteiger partial charge < -0.3 is 5.32 Å². The van der Waals surface area contributed by atoms with Gasteiger partial charge in [-0.25, -0.2) is 9.37 Å². The lowest BCUT2D eigenvalue weighted by atomic mass is 10.2. The van der Waals surface area contributed by atoms with Crippen molar-refractivity contribution in [2.45, 2.75) is 20.3 Å². The molecule has 3 aromatic rings. The highest BCUT2D eigenvalue weighted by Gasteiger charge is 2.13. The van der Waals surface area contributed by atoms with E-state index in [9.17, 15) is 9.18 Å². The van der Waals surface area contributed by atoms with Gasteiger partial charge in [0.05, 0.1) is 11.4 Å². The first-order valence-electron chi connectivity index (χ1n) is 7.15. The van der Waals surface area contributed by atoms with Crippen molar-refractivity contribution in [1.82, 2.24) is 14.8 Å². The molecule has 2 aromatic heterocycles. The monoisotopic (exact) mass is 330 g/mol. The lowest BCUT2D eigenvalue weighted by Gasteiger charge is -2.04. The van der Waals surface area contributed by atoms with Crippen LogP contribution >= 0.6 is 11.3 Å². The van der Waals surface area contributed by atoms with Crippen LogP contribution in [0.1, 0.15) is 19.0 Å². The largest absolute Gasteiger partial charge is 0.311 e. The minimum absolute atomic E-state index is 0.0820. The summed E-state index contributed by atoms with van der Waals surface area (Å²) < 4.78 is 14.6. The maximum atomic E-state index is 13.0. The van der Waals surface area contributed by atoms with Crippen molar-refractivity contribution in [1.29, 1.82) is 0 Å². The fraction of sp³-hybridized carbons (Fsp3) is 0.188. The minimum atomic E-state index is -0.281. The molecular weight excluding hydrogens is 315 g/mol. The minimum Gasteiger partial charge on any atom is -0.311 e. The zero-order chi connectivity index (χ0) is 16.4. The van der Waals surface area contributed by atoms with Crippen LogP contribution in [0.3, 0.4) is 0 Å². The molecular formula is C16H15FN4OS. The summed E-state index contributed by atoms with van der Waals surface area (Å²) in [6.45, 7) is 3.64. The molecule has 5 nitrogen and oxygen atoms in total. The molecule has 23 heavy (non-hydrogen) atoms. The third-order valence-electron chi connectivity index (χ3n) is 3.23. The maximum Gasteiger partial charge on any atom is 0.225 e. The molecule has 2 heterocycles. The van der Waals surface area contributed by atoms with Crippen LogP contribution in [0.2, 0.25) is 0 Å². The van der Waals surface area contributed by atoms with Gasteiger partial charge in [-0.05, 0) is 31.2 Å². The van der Waals surface area contributed by atoms with Crippen molar-refractivity contribution in [2.75, 3.05) is 5.32 Å². The van der Waals surface area contributed by atoms with Crippen LogP contribution in [-0.4, -0.2) is 20.7 Å². The maximum absolute atomic E-state index is 13.0. The van der Waals surface area contributed by atoms with Crippen molar-refractivity contribution >= 4 is 23.1 Å². The number of nitrogens with one attached hydrogen (secondary N) is 1. The number of hydrogen-bond acceptors (Lipinski definition) is 4. The Kier molecular flexibility index (Phi) is 4.20. The molecule has 1 amide bonds. The number of amides is 1. The second kappa shape index (κ2) is 6.29. The number of rotatable bonds is 4. The van der Waals surface area contributed by atoms with Crippen molar-refractivity contribution in [3.63, 3.8) is 0 Å². The van der Waals surface area contributed by atoms with Gasteiger partial charge in [-0.3, -0.25) is 4.79 Å². The number of hydrogen-bond donors (Lipinski definition) is 1. The molecule has 0 saturated carbocycles. The average molecular weight is 330 g/mol. The number of carbonyl (C=O) groups is 1. The molecule has 0 atom stereocenters. The van der Waals surface area contributed by atoms with Gasteiger partial charge in [0.2, 0.25) is 11.0 Å². The van der Waals surface area contributed by atoms with E-state index in [0.29, 0.717) is 17.4 Å². The van der Waals surface area contributed by atoms with Crippen LogP contribution in [0.15, 0.2) is 35.7 Å². The predicted molar refractivity (Wildman–Crippen MR) is 88.3 cm³/mol. The zero-order valence-electron chi connectivity index (χ0n) is 12.7. The third kappa shape index (κ3) is 3.29. The highest BCUT2D eigenvalue weighted by molar-refractivity contribution is 7.12. The van der Waals surface area contributed by atoms with E-state index in [-0.39, 0.29) is 11.7 Å². The fourth-order valence-electron chi connectivity index (χ4n) is 2.08. The zero-order valence-corrected chi connectivity index (χ0v) is 13.5. The molecule has 0 spiro atoms. The van der Waals surface area contributed by atoms with Crippen molar-refractivity contribution in [3.05, 3.63) is 47.2 Å². The molecule has 118 valence electrons. The fourth-order valence-corrected chi connectivity index (χ4v) is 2.88. The highest BCUT2D eigenvalue weighted by atomic mass is 32.1. The number of aryl methyl sites for hydroxylation is 1. The van der Waals surface area contributed by atoms with Gasteiger partial charge in [0.15, 0.2) is 0 Å². The summed E-state index contributed by atoms with van der Waals surface area (Å²) in [7, 11) is 0. The highest BCUT2D eigenvalue weighted by Crippen LogP contribution is 2.26. The summed E-state index contributed by atoms with van der Waals surface area (Å²) in [5.74, 6) is 0.229. The molecule has 0 bridgehead atoms. The number of thiazole rings is 1. The van der Waals surface area contributed by atoms with Gasteiger partial charge in [0, 0.05) is 23.4 Å². The second-order valence-corrected chi connectivity index (χ2v) is 5.84. The van der Waals surface area contributed by atoms with Gasteiger partial charge >= 0.3 is 0 Å². The normalized spacial score (nSPS) is 10.7. The van der Waals surface area contributed by atoms with Crippen LogP contribution in [0, 0.1) is 12.7 Å². The number of carbonyl (C=O) groups excluding carboxylic acids is 1. The predicted octanol–water partition coefficient (Wildman–Crippen LogP) is 3.79. The molecule has 0 aliphatic rings. The molecule has 3 rings (SSSR count). The van der Waals surface area contributed by atoms with Gasteiger partial charge in [0.25, 0.3) is 0 Å². The first kappa shape index (κ1) is 15.4. The van der Waals surface area contributed by atoms with Crippen LogP contribution in [0.25, 0.3) is 16.4 Å². The van der Waals surface area contributed by atoms with Gasteiger partial charge in [0.1, 0.15) is 11.6 Å². The Balaban J connectivity index is 1.94. The Morgan fingerprint density at radius 1 is 1.35 bits per heavy atom. The van der Waals surface area contributed by atoms with Crippen molar-refractivity contribution < 1.29 is 9.18 Å². The molecule has 1 aromatic carbocycles. The first-order valence-corrected chi connectivity index (χ1v) is 8.03. The molecule has 0 fully saturated rings. The van der Waals surface area contributed by atoms with Crippen LogP contribution in [-0.2, 0) is 4.79 Å². The Bertz CT molecular complexity index is 838. The van der Waals surface area contributed by atoms with Gasteiger partial charge in [-0.2, -0.15) is 9.78 Å². The summed E-state index contributed by atoms with van der Waals surface area (Å²) in [4.78, 5) is 16.2. The van der Waals surface area contributed by atoms with Crippen molar-refractivity contribution in [3.8, 4) is 16.4 Å². The Hall–Kier alpha value is -2.54. The summed E-state index contributed by atoms with van der Waals surface area (Å²) >= 11 is 1.41. The molecule has 0 aliphatic heterocycles. The third-order valence-corrected chi connectivity index (χ3v) is 4.05. The lowest BCUT2D eigenvalue weighted by molar-refractivity contribution is -0.115. The topological polar surface area (TPSA) is 59.8 Å². The second-order valence-electron chi connectivity index (χ2n) is 5.01. The van der Waals surface area contributed by atoms with Gasteiger partial charge in [-0.1, -0.05) is 6.92 Å². The molecule has 0 aliphatic carbocycles. The lowest BCUT2D eigenvalue weighted by Crippen LogP contribution is -2.13. The number of benzene rings is 1. The van der Waals surface area contributed by atoms with E-state index < -0.39 is 0 Å². The standard InChI is InChI=1S/C16H15FN4OS/c1-3-15(22)19-14-8-10(2)20-21(14)16-18-13(9-23-16)11-4-6-12(17)7-5-11/h4-9H,3H2,1-2H3,(H,19,22). The summed E-state index contributed by atoms with van der Waals surface area (Å²) in [6, 6.07) is 7.97. The van der Waals surface area contributed by atoms with Gasteiger partial charge in [-0.15, -0.1) is 11.3 Å². The smallest absolute Gasteiger partial charge is 0.225 e. The summed E-state index contributed by atoms with van der Waals surface area (Å²) in [5, 5.41) is 9.72. The quantitative estimate of drug-likeness (QED) is 0.792. The number of halogens is 1. The van der Waals surface area contributed by atoms with E-state index in [2.05, 4.69) is 15.4 Å².